The van der Waals surface area contributed by atoms with Gasteiger partial charge in [0.2, 0.25) is 0 Å². The molecule has 3 rings (SSSR count). The summed E-state index contributed by atoms with van der Waals surface area (Å²) in [6, 6.07) is 16.6. The Morgan fingerprint density at radius 2 is 1.69 bits per heavy atom. The molecule has 0 radical (unpaired) electrons. The topological polar surface area (TPSA) is 77.2 Å². The Morgan fingerprint density at radius 3 is 2.27 bits per heavy atom. The van der Waals surface area contributed by atoms with E-state index in [-0.39, 0.29) is 11.5 Å². The highest BCUT2D eigenvalue weighted by atomic mass is 19.1. The van der Waals surface area contributed by atoms with Crippen molar-refractivity contribution in [1.29, 1.82) is 0 Å². The summed E-state index contributed by atoms with van der Waals surface area (Å²) >= 11 is 0. The third-order valence-electron chi connectivity index (χ3n) is 3.72. The Labute approximate surface area is 150 Å². The second-order valence-electron chi connectivity index (χ2n) is 5.72. The third kappa shape index (κ3) is 4.23. The molecule has 0 aliphatic rings. The van der Waals surface area contributed by atoms with Crippen molar-refractivity contribution in [2.75, 3.05) is 7.05 Å². The van der Waals surface area contributed by atoms with Crippen LogP contribution in [0.25, 0.3) is 11.3 Å². The number of carbonyl (C=O) groups excluding carboxylic acids is 1. The Balaban J connectivity index is 1.85. The Morgan fingerprint density at radius 1 is 1.08 bits per heavy atom. The number of hydrogen-bond donors (Lipinski definition) is 2. The number of amides is 1. The lowest BCUT2D eigenvalue weighted by Gasteiger charge is -2.09. The van der Waals surface area contributed by atoms with Crippen molar-refractivity contribution in [3.05, 3.63) is 77.7 Å². The molecule has 1 heterocycles. The van der Waals surface area contributed by atoms with Gasteiger partial charge in [-0.2, -0.15) is 0 Å². The van der Waals surface area contributed by atoms with Crippen molar-refractivity contribution in [2.24, 2.45) is 5.73 Å². The van der Waals surface area contributed by atoms with E-state index in [1.165, 1.54) is 12.1 Å². The molecule has 0 saturated carbocycles. The first kappa shape index (κ1) is 17.6. The number of rotatable bonds is 6. The fourth-order valence-electron chi connectivity index (χ4n) is 2.50. The quantitative estimate of drug-likeness (QED) is 0.713. The molecule has 5 nitrogen and oxygen atoms in total. The summed E-state index contributed by atoms with van der Waals surface area (Å²) in [6.07, 6.45) is 0. The van der Waals surface area contributed by atoms with Gasteiger partial charge in [-0.25, -0.2) is 9.37 Å². The first-order chi connectivity index (χ1) is 12.5. The zero-order valence-corrected chi connectivity index (χ0v) is 14.2. The van der Waals surface area contributed by atoms with Gasteiger partial charge in [0.05, 0.1) is 5.69 Å². The van der Waals surface area contributed by atoms with Gasteiger partial charge in [0.1, 0.15) is 23.0 Å². The lowest BCUT2D eigenvalue weighted by Crippen LogP contribution is -2.15. The van der Waals surface area contributed by atoms with Crippen molar-refractivity contribution in [1.82, 2.24) is 10.3 Å². The molecule has 0 unspecified atom stereocenters. The molecule has 1 aromatic heterocycles. The van der Waals surface area contributed by atoms with Gasteiger partial charge in [-0.3, -0.25) is 4.79 Å². The van der Waals surface area contributed by atoms with Crippen LogP contribution in [-0.2, 0) is 6.54 Å². The molecule has 0 atom stereocenters. The van der Waals surface area contributed by atoms with Gasteiger partial charge in [0.15, 0.2) is 0 Å². The van der Waals surface area contributed by atoms with E-state index in [4.69, 9.17) is 10.5 Å². The number of nitrogens with zero attached hydrogens (tertiary/aromatic N) is 1. The number of primary amides is 1. The number of hydrogen-bond acceptors (Lipinski definition) is 4. The molecule has 0 fully saturated rings. The van der Waals surface area contributed by atoms with Crippen LogP contribution in [0, 0.1) is 5.82 Å². The molecular weight excluding hydrogens is 333 g/mol. The van der Waals surface area contributed by atoms with Crippen LogP contribution in [0.5, 0.6) is 11.5 Å². The number of benzene rings is 2. The van der Waals surface area contributed by atoms with E-state index in [0.29, 0.717) is 23.7 Å². The average molecular weight is 351 g/mol. The molecule has 3 aromatic rings. The molecule has 1 amide bonds. The van der Waals surface area contributed by atoms with E-state index in [9.17, 15) is 9.18 Å². The molecule has 6 heteroatoms. The first-order valence-electron chi connectivity index (χ1n) is 8.04. The maximum Gasteiger partial charge on any atom is 0.267 e. The van der Waals surface area contributed by atoms with Crippen molar-refractivity contribution in [3.63, 3.8) is 0 Å². The molecule has 26 heavy (non-hydrogen) atoms. The highest BCUT2D eigenvalue weighted by Crippen LogP contribution is 2.26. The summed E-state index contributed by atoms with van der Waals surface area (Å²) < 4.78 is 18.6. The first-order valence-corrected chi connectivity index (χ1v) is 8.04. The van der Waals surface area contributed by atoms with Gasteiger partial charge in [0.25, 0.3) is 5.91 Å². The third-order valence-corrected chi connectivity index (χ3v) is 3.72. The fourth-order valence-corrected chi connectivity index (χ4v) is 2.50. The smallest absolute Gasteiger partial charge is 0.267 e. The molecule has 0 aliphatic carbocycles. The van der Waals surface area contributed by atoms with Crippen LogP contribution in [0.2, 0.25) is 0 Å². The van der Waals surface area contributed by atoms with Crippen molar-refractivity contribution in [3.8, 4) is 22.8 Å². The fraction of sp³-hybridized carbons (Fsp3) is 0.100. The van der Waals surface area contributed by atoms with Gasteiger partial charge in [-0.1, -0.05) is 0 Å². The Bertz CT molecular complexity index is 909. The number of nitrogens with two attached hydrogens (primary N) is 1. The van der Waals surface area contributed by atoms with Gasteiger partial charge in [-0.15, -0.1) is 0 Å². The minimum absolute atomic E-state index is 0.222. The second-order valence-corrected chi connectivity index (χ2v) is 5.72. The standard InChI is InChI=1S/C20H18FN3O2/c1-23-12-13-10-18(24-19(11-13)20(22)25)14-2-6-16(7-3-14)26-17-8-4-15(21)5-9-17/h2-11,23H,12H2,1H3,(H2,22,25). The van der Waals surface area contributed by atoms with Gasteiger partial charge < -0.3 is 15.8 Å². The summed E-state index contributed by atoms with van der Waals surface area (Å²) in [7, 11) is 1.83. The Hall–Kier alpha value is -3.25. The zero-order valence-electron chi connectivity index (χ0n) is 14.2. The van der Waals surface area contributed by atoms with E-state index in [1.54, 1.807) is 30.3 Å². The lowest BCUT2D eigenvalue weighted by atomic mass is 10.1. The van der Waals surface area contributed by atoms with Crippen LogP contribution in [0.4, 0.5) is 4.39 Å². The minimum Gasteiger partial charge on any atom is -0.457 e. The number of ether oxygens (including phenoxy) is 1. The van der Waals surface area contributed by atoms with E-state index in [0.717, 1.165) is 11.1 Å². The van der Waals surface area contributed by atoms with Crippen LogP contribution in [0.1, 0.15) is 16.1 Å². The predicted molar refractivity (Wildman–Crippen MR) is 97.4 cm³/mol. The van der Waals surface area contributed by atoms with E-state index < -0.39 is 5.91 Å². The van der Waals surface area contributed by atoms with Crippen LogP contribution in [-0.4, -0.2) is 17.9 Å². The molecule has 132 valence electrons. The number of halogens is 1. The summed E-state index contributed by atoms with van der Waals surface area (Å²) in [4.78, 5) is 15.8. The zero-order chi connectivity index (χ0) is 18.5. The monoisotopic (exact) mass is 351 g/mol. The highest BCUT2D eigenvalue weighted by Gasteiger charge is 2.09. The maximum absolute atomic E-state index is 12.9. The Kier molecular flexibility index (Phi) is 5.24. The summed E-state index contributed by atoms with van der Waals surface area (Å²) in [6.45, 7) is 0.599. The van der Waals surface area contributed by atoms with Crippen molar-refractivity contribution < 1.29 is 13.9 Å². The van der Waals surface area contributed by atoms with Crippen LogP contribution >= 0.6 is 0 Å². The van der Waals surface area contributed by atoms with E-state index in [2.05, 4.69) is 10.3 Å². The number of aromatic nitrogens is 1. The number of pyridine rings is 1. The summed E-state index contributed by atoms with van der Waals surface area (Å²) in [5.41, 5.74) is 8.00. The lowest BCUT2D eigenvalue weighted by molar-refractivity contribution is 0.0995. The SMILES string of the molecule is CNCc1cc(C(N)=O)nc(-c2ccc(Oc3ccc(F)cc3)cc2)c1. The van der Waals surface area contributed by atoms with Crippen LogP contribution in [0.3, 0.4) is 0 Å². The molecule has 0 aliphatic heterocycles. The second kappa shape index (κ2) is 7.76. The molecular formula is C20H18FN3O2. The van der Waals surface area contributed by atoms with Crippen molar-refractivity contribution in [2.45, 2.75) is 6.54 Å². The van der Waals surface area contributed by atoms with Crippen LogP contribution in [0.15, 0.2) is 60.7 Å². The molecule has 3 N–H and O–H groups in total. The molecule has 2 aromatic carbocycles. The van der Waals surface area contributed by atoms with Gasteiger partial charge in [0, 0.05) is 12.1 Å². The van der Waals surface area contributed by atoms with Crippen molar-refractivity contribution >= 4 is 5.91 Å². The van der Waals surface area contributed by atoms with E-state index >= 15 is 0 Å². The number of nitrogens with one attached hydrogen (secondary N) is 1. The summed E-state index contributed by atoms with van der Waals surface area (Å²) in [5, 5.41) is 3.04. The summed E-state index contributed by atoms with van der Waals surface area (Å²) in [5.74, 6) is 0.275. The van der Waals surface area contributed by atoms with Crippen LogP contribution < -0.4 is 15.8 Å². The van der Waals surface area contributed by atoms with Gasteiger partial charge in [-0.05, 0) is 73.3 Å². The van der Waals surface area contributed by atoms with Gasteiger partial charge >= 0.3 is 0 Å². The van der Waals surface area contributed by atoms with E-state index in [1.807, 2.05) is 25.2 Å². The number of carbonyl (C=O) groups is 1. The average Bonchev–Trinajstić information content (AvgIpc) is 2.64. The maximum atomic E-state index is 12.9. The molecule has 0 spiro atoms. The highest BCUT2D eigenvalue weighted by molar-refractivity contribution is 5.91. The molecule has 0 saturated heterocycles. The predicted octanol–water partition coefficient (Wildman–Crippen LogP) is 3.50. The normalized spacial score (nSPS) is 10.5. The largest absolute Gasteiger partial charge is 0.457 e. The molecule has 0 bridgehead atoms. The minimum atomic E-state index is -0.569.